The lowest BCUT2D eigenvalue weighted by Crippen LogP contribution is -2.33. The average Bonchev–Trinajstić information content (AvgIpc) is 2.40. The van der Waals surface area contributed by atoms with E-state index in [1.54, 1.807) is 36.4 Å². The Morgan fingerprint density at radius 3 is 2.50 bits per heavy atom. The van der Waals surface area contributed by atoms with Crippen LogP contribution in [0.5, 0.6) is 0 Å². The van der Waals surface area contributed by atoms with Gasteiger partial charge in [-0.15, -0.1) is 0 Å². The molecule has 5 heteroatoms. The fourth-order valence-electron chi connectivity index (χ4n) is 1.54. The zero-order chi connectivity index (χ0) is 13.4. The number of hydrogen-bond acceptors (Lipinski definition) is 4. The second-order valence-electron chi connectivity index (χ2n) is 3.68. The lowest BCUT2D eigenvalue weighted by Gasteiger charge is -2.20. The van der Waals surface area contributed by atoms with E-state index in [1.807, 2.05) is 6.92 Å². The Morgan fingerprint density at radius 1 is 1.28 bits per heavy atom. The highest BCUT2D eigenvalue weighted by atomic mass is 16.5. The molecule has 0 aliphatic rings. The first-order valence-electron chi connectivity index (χ1n) is 6.04. The molecule has 0 N–H and O–H groups in total. The molecule has 1 heterocycles. The summed E-state index contributed by atoms with van der Waals surface area (Å²) < 4.78 is 4.84. The van der Waals surface area contributed by atoms with Gasteiger partial charge in [0, 0.05) is 31.0 Å². The Kier molecular flexibility index (Phi) is 5.84. The van der Waals surface area contributed by atoms with E-state index < -0.39 is 0 Å². The molecular weight excluding hydrogens is 232 g/mol. The van der Waals surface area contributed by atoms with Gasteiger partial charge < -0.3 is 9.64 Å². The molecule has 0 fully saturated rings. The highest BCUT2D eigenvalue weighted by molar-refractivity contribution is 5.94. The van der Waals surface area contributed by atoms with Gasteiger partial charge in [-0.05, 0) is 26.0 Å². The molecule has 0 aliphatic carbocycles. The Hall–Kier alpha value is -1.91. The maximum absolute atomic E-state index is 12.1. The first-order valence-corrected chi connectivity index (χ1v) is 6.04. The van der Waals surface area contributed by atoms with E-state index in [0.717, 1.165) is 0 Å². The van der Waals surface area contributed by atoms with E-state index >= 15 is 0 Å². The quantitative estimate of drug-likeness (QED) is 0.718. The molecule has 0 unspecified atom stereocenters. The van der Waals surface area contributed by atoms with E-state index in [0.29, 0.717) is 25.3 Å². The maximum atomic E-state index is 12.1. The van der Waals surface area contributed by atoms with Crippen LogP contribution in [0.1, 0.15) is 30.6 Å². The van der Waals surface area contributed by atoms with E-state index in [-0.39, 0.29) is 18.3 Å². The van der Waals surface area contributed by atoms with Crippen molar-refractivity contribution in [1.82, 2.24) is 9.88 Å². The smallest absolute Gasteiger partial charge is 0.307 e. The second kappa shape index (κ2) is 7.42. The minimum Gasteiger partial charge on any atom is -0.466 e. The van der Waals surface area contributed by atoms with Gasteiger partial charge in [0.05, 0.1) is 13.0 Å². The van der Waals surface area contributed by atoms with Crippen LogP contribution in [0.15, 0.2) is 24.5 Å². The molecule has 1 aromatic rings. The van der Waals surface area contributed by atoms with Gasteiger partial charge in [0.2, 0.25) is 0 Å². The summed E-state index contributed by atoms with van der Waals surface area (Å²) in [6.07, 6.45) is 3.37. The molecule has 1 aromatic heterocycles. The van der Waals surface area contributed by atoms with Crippen LogP contribution in [0, 0.1) is 0 Å². The van der Waals surface area contributed by atoms with Crippen LogP contribution in [-0.4, -0.2) is 41.5 Å². The number of nitrogens with zero attached hydrogens (tertiary/aromatic N) is 2. The van der Waals surface area contributed by atoms with Crippen LogP contribution in [-0.2, 0) is 9.53 Å². The number of aromatic nitrogens is 1. The molecule has 0 saturated heterocycles. The van der Waals surface area contributed by atoms with Crippen LogP contribution >= 0.6 is 0 Å². The van der Waals surface area contributed by atoms with Crippen molar-refractivity contribution in [2.24, 2.45) is 0 Å². The second-order valence-corrected chi connectivity index (χ2v) is 3.68. The van der Waals surface area contributed by atoms with Gasteiger partial charge in [0.25, 0.3) is 5.91 Å². The van der Waals surface area contributed by atoms with Crippen molar-refractivity contribution in [3.63, 3.8) is 0 Å². The summed E-state index contributed by atoms with van der Waals surface area (Å²) in [5.74, 6) is -0.373. The van der Waals surface area contributed by atoms with Crippen LogP contribution in [0.3, 0.4) is 0 Å². The third-order valence-electron chi connectivity index (χ3n) is 2.49. The van der Waals surface area contributed by atoms with Crippen molar-refractivity contribution >= 4 is 11.9 Å². The summed E-state index contributed by atoms with van der Waals surface area (Å²) in [7, 11) is 0. The SMILES string of the molecule is CCOC(=O)CCN(CC)C(=O)c1ccncc1. The Balaban J connectivity index is 2.56. The number of carbonyl (C=O) groups is 2. The summed E-state index contributed by atoms with van der Waals surface area (Å²) in [5, 5.41) is 0. The topological polar surface area (TPSA) is 59.5 Å². The number of pyridine rings is 1. The molecule has 0 spiro atoms. The summed E-state index contributed by atoms with van der Waals surface area (Å²) in [4.78, 5) is 28.8. The number of ether oxygens (including phenoxy) is 1. The van der Waals surface area contributed by atoms with Crippen molar-refractivity contribution in [3.8, 4) is 0 Å². The lowest BCUT2D eigenvalue weighted by atomic mass is 10.2. The van der Waals surface area contributed by atoms with E-state index in [9.17, 15) is 9.59 Å². The molecule has 0 saturated carbocycles. The third-order valence-corrected chi connectivity index (χ3v) is 2.49. The summed E-state index contributed by atoms with van der Waals surface area (Å²) in [6.45, 7) is 4.93. The van der Waals surface area contributed by atoms with Crippen LogP contribution < -0.4 is 0 Å². The number of amides is 1. The largest absolute Gasteiger partial charge is 0.466 e. The Bertz CT molecular complexity index is 392. The molecular formula is C13H18N2O3. The monoisotopic (exact) mass is 250 g/mol. The highest BCUT2D eigenvalue weighted by Crippen LogP contribution is 2.04. The molecule has 5 nitrogen and oxygen atoms in total. The molecule has 0 bridgehead atoms. The molecule has 0 radical (unpaired) electrons. The molecule has 0 aromatic carbocycles. The van der Waals surface area contributed by atoms with Gasteiger partial charge in [-0.25, -0.2) is 0 Å². The molecule has 0 atom stereocenters. The van der Waals surface area contributed by atoms with Crippen molar-refractivity contribution in [3.05, 3.63) is 30.1 Å². The Labute approximate surface area is 107 Å². The Morgan fingerprint density at radius 2 is 1.94 bits per heavy atom. The predicted molar refractivity (Wildman–Crippen MR) is 67.1 cm³/mol. The minimum absolute atomic E-state index is 0.0933. The zero-order valence-corrected chi connectivity index (χ0v) is 10.8. The molecule has 1 amide bonds. The van der Waals surface area contributed by atoms with Gasteiger partial charge >= 0.3 is 5.97 Å². The normalized spacial score (nSPS) is 9.89. The summed E-state index contributed by atoms with van der Waals surface area (Å²) >= 11 is 0. The van der Waals surface area contributed by atoms with Crippen molar-refractivity contribution in [1.29, 1.82) is 0 Å². The van der Waals surface area contributed by atoms with Gasteiger partial charge in [0.15, 0.2) is 0 Å². The average molecular weight is 250 g/mol. The fraction of sp³-hybridized carbons (Fsp3) is 0.462. The van der Waals surface area contributed by atoms with Crippen molar-refractivity contribution in [2.45, 2.75) is 20.3 Å². The van der Waals surface area contributed by atoms with Gasteiger partial charge in [0.1, 0.15) is 0 Å². The van der Waals surface area contributed by atoms with Crippen molar-refractivity contribution < 1.29 is 14.3 Å². The first-order chi connectivity index (χ1) is 8.69. The standard InChI is InChI=1S/C13H18N2O3/c1-3-15(10-7-12(16)18-4-2)13(17)11-5-8-14-9-6-11/h5-6,8-9H,3-4,7,10H2,1-2H3. The van der Waals surface area contributed by atoms with E-state index in [1.165, 1.54) is 0 Å². The number of esters is 1. The minimum atomic E-state index is -0.279. The number of rotatable bonds is 6. The first kappa shape index (κ1) is 14.2. The van der Waals surface area contributed by atoms with E-state index in [4.69, 9.17) is 4.74 Å². The fourth-order valence-corrected chi connectivity index (χ4v) is 1.54. The lowest BCUT2D eigenvalue weighted by molar-refractivity contribution is -0.143. The van der Waals surface area contributed by atoms with Crippen LogP contribution in [0.4, 0.5) is 0 Å². The maximum Gasteiger partial charge on any atom is 0.307 e. The number of carbonyl (C=O) groups excluding carboxylic acids is 2. The van der Waals surface area contributed by atoms with E-state index in [2.05, 4.69) is 4.98 Å². The third kappa shape index (κ3) is 4.16. The van der Waals surface area contributed by atoms with Gasteiger partial charge in [-0.3, -0.25) is 14.6 Å². The van der Waals surface area contributed by atoms with Crippen LogP contribution in [0.25, 0.3) is 0 Å². The summed E-state index contributed by atoms with van der Waals surface area (Å²) in [5.41, 5.74) is 0.579. The summed E-state index contributed by atoms with van der Waals surface area (Å²) in [6, 6.07) is 3.32. The van der Waals surface area contributed by atoms with Crippen LogP contribution in [0.2, 0.25) is 0 Å². The van der Waals surface area contributed by atoms with Crippen molar-refractivity contribution in [2.75, 3.05) is 19.7 Å². The molecule has 18 heavy (non-hydrogen) atoms. The number of hydrogen-bond donors (Lipinski definition) is 0. The van der Waals surface area contributed by atoms with Gasteiger partial charge in [-0.1, -0.05) is 0 Å². The van der Waals surface area contributed by atoms with Gasteiger partial charge in [-0.2, -0.15) is 0 Å². The molecule has 0 aliphatic heterocycles. The molecule has 98 valence electrons. The predicted octanol–water partition coefficient (Wildman–Crippen LogP) is 1.50. The molecule has 1 rings (SSSR count). The highest BCUT2D eigenvalue weighted by Gasteiger charge is 2.15. The zero-order valence-electron chi connectivity index (χ0n) is 10.8.